The van der Waals surface area contributed by atoms with Crippen molar-refractivity contribution in [1.29, 1.82) is 0 Å². The molecular formula is C30H32N2O2. The number of imidazole rings is 1. The smallest absolute Gasteiger partial charge is 0.335 e. The van der Waals surface area contributed by atoms with E-state index in [0.29, 0.717) is 5.52 Å². The fraction of sp³-hybridized carbons (Fsp3) is 0.333. The van der Waals surface area contributed by atoms with Crippen LogP contribution in [0.15, 0.2) is 54.6 Å². The van der Waals surface area contributed by atoms with Gasteiger partial charge in [-0.15, -0.1) is 0 Å². The molecule has 5 rings (SSSR count). The number of aromatic nitrogens is 2. The normalized spacial score (nSPS) is 16.4. The molecule has 34 heavy (non-hydrogen) atoms. The first-order valence-electron chi connectivity index (χ1n) is 12.0. The Kier molecular flexibility index (Phi) is 4.98. The minimum Gasteiger partial charge on any atom is -0.478 e. The van der Waals surface area contributed by atoms with Gasteiger partial charge >= 0.3 is 5.97 Å². The summed E-state index contributed by atoms with van der Waals surface area (Å²) in [7, 11) is 0. The standard InChI is InChI=1S/C30H32N2O2/c1-18-7-9-20(10-8-18)27-31-24-16-21(28(33)34)11-12-25(24)32(27)26-17-23-22(15-19(26)2)29(3,4)13-14-30(23,5)6/h7-12,15-17H,13-14H2,1-6H3,(H,33,34). The SMILES string of the molecule is Cc1ccc(-c2nc3cc(C(=O)O)ccc3n2-c2cc3c(cc2C)C(C)(C)CCC3(C)C)cc1. The van der Waals surface area contributed by atoms with Crippen LogP contribution < -0.4 is 0 Å². The van der Waals surface area contributed by atoms with Crippen molar-refractivity contribution in [3.05, 3.63) is 82.4 Å². The Hall–Kier alpha value is -3.40. The van der Waals surface area contributed by atoms with Gasteiger partial charge in [0.1, 0.15) is 5.82 Å². The Bertz CT molecular complexity index is 1440. The number of benzene rings is 3. The van der Waals surface area contributed by atoms with Crippen LogP contribution in [0.25, 0.3) is 28.1 Å². The largest absolute Gasteiger partial charge is 0.478 e. The molecule has 0 saturated heterocycles. The molecule has 1 aliphatic rings. The van der Waals surface area contributed by atoms with Crippen LogP contribution in [0.5, 0.6) is 0 Å². The molecule has 0 spiro atoms. The second-order valence-corrected chi connectivity index (χ2v) is 11.1. The van der Waals surface area contributed by atoms with E-state index in [1.807, 2.05) is 6.07 Å². The summed E-state index contributed by atoms with van der Waals surface area (Å²) in [5.41, 5.74) is 9.39. The van der Waals surface area contributed by atoms with E-state index in [-0.39, 0.29) is 16.4 Å². The predicted molar refractivity (Wildman–Crippen MR) is 138 cm³/mol. The van der Waals surface area contributed by atoms with E-state index in [9.17, 15) is 9.90 Å². The lowest BCUT2D eigenvalue weighted by Gasteiger charge is -2.42. The predicted octanol–water partition coefficient (Wildman–Crippen LogP) is 7.36. The zero-order valence-corrected chi connectivity index (χ0v) is 20.9. The van der Waals surface area contributed by atoms with E-state index in [2.05, 4.69) is 82.5 Å². The summed E-state index contributed by atoms with van der Waals surface area (Å²) in [6.07, 6.45) is 2.32. The quantitative estimate of drug-likeness (QED) is 0.353. The Morgan fingerprint density at radius 1 is 0.882 bits per heavy atom. The van der Waals surface area contributed by atoms with Crippen LogP contribution in [-0.2, 0) is 10.8 Å². The van der Waals surface area contributed by atoms with Gasteiger partial charge in [0.25, 0.3) is 0 Å². The van der Waals surface area contributed by atoms with Gasteiger partial charge in [-0.3, -0.25) is 4.57 Å². The van der Waals surface area contributed by atoms with Crippen LogP contribution in [0.1, 0.15) is 73.1 Å². The molecule has 1 N–H and O–H groups in total. The van der Waals surface area contributed by atoms with Gasteiger partial charge in [0.05, 0.1) is 22.3 Å². The van der Waals surface area contributed by atoms with E-state index in [0.717, 1.165) is 29.0 Å². The number of carboxylic acid groups (broad SMARTS) is 1. The fourth-order valence-corrected chi connectivity index (χ4v) is 5.31. The minimum atomic E-state index is -0.942. The lowest BCUT2D eigenvalue weighted by molar-refractivity contribution is 0.0697. The van der Waals surface area contributed by atoms with Gasteiger partial charge in [0, 0.05) is 5.56 Å². The van der Waals surface area contributed by atoms with Crippen molar-refractivity contribution in [2.24, 2.45) is 0 Å². The Morgan fingerprint density at radius 3 is 2.12 bits per heavy atom. The van der Waals surface area contributed by atoms with Gasteiger partial charge in [-0.2, -0.15) is 0 Å². The van der Waals surface area contributed by atoms with E-state index in [4.69, 9.17) is 4.98 Å². The van der Waals surface area contributed by atoms with Crippen molar-refractivity contribution in [2.45, 2.75) is 65.2 Å². The maximum absolute atomic E-state index is 11.6. The molecule has 0 atom stereocenters. The zero-order chi connectivity index (χ0) is 24.4. The molecule has 1 aromatic heterocycles. The van der Waals surface area contributed by atoms with Gasteiger partial charge < -0.3 is 5.11 Å². The van der Waals surface area contributed by atoms with Gasteiger partial charge in [-0.1, -0.05) is 63.6 Å². The topological polar surface area (TPSA) is 55.1 Å². The Morgan fingerprint density at radius 2 is 1.50 bits per heavy atom. The first kappa shape index (κ1) is 22.4. The lowest BCUT2D eigenvalue weighted by atomic mass is 9.63. The Balaban J connectivity index is 1.84. The van der Waals surface area contributed by atoms with Crippen LogP contribution >= 0.6 is 0 Å². The number of aryl methyl sites for hydroxylation is 2. The van der Waals surface area contributed by atoms with Crippen LogP contribution in [-0.4, -0.2) is 20.6 Å². The highest BCUT2D eigenvalue weighted by Crippen LogP contribution is 2.47. The number of carboxylic acids is 1. The maximum atomic E-state index is 11.6. The maximum Gasteiger partial charge on any atom is 0.335 e. The van der Waals surface area contributed by atoms with E-state index >= 15 is 0 Å². The minimum absolute atomic E-state index is 0.0875. The van der Waals surface area contributed by atoms with Crippen molar-refractivity contribution in [2.75, 3.05) is 0 Å². The zero-order valence-electron chi connectivity index (χ0n) is 20.9. The molecule has 1 heterocycles. The third-order valence-corrected chi connectivity index (χ3v) is 7.62. The molecule has 0 saturated carbocycles. The summed E-state index contributed by atoms with van der Waals surface area (Å²) in [4.78, 5) is 16.6. The van der Waals surface area contributed by atoms with E-state index in [1.165, 1.54) is 28.7 Å². The van der Waals surface area contributed by atoms with Crippen LogP contribution in [0.2, 0.25) is 0 Å². The summed E-state index contributed by atoms with van der Waals surface area (Å²) in [6, 6.07) is 18.3. The van der Waals surface area contributed by atoms with Crippen LogP contribution in [0, 0.1) is 13.8 Å². The molecule has 0 unspecified atom stereocenters. The van der Waals surface area contributed by atoms with Gasteiger partial charge in [-0.05, 0) is 78.5 Å². The third kappa shape index (κ3) is 3.53. The molecule has 4 heteroatoms. The highest BCUT2D eigenvalue weighted by atomic mass is 16.4. The molecule has 4 aromatic rings. The summed E-state index contributed by atoms with van der Waals surface area (Å²) in [5.74, 6) is -0.115. The molecule has 0 fully saturated rings. The molecule has 0 bridgehead atoms. The average Bonchev–Trinajstić information content (AvgIpc) is 3.16. The summed E-state index contributed by atoms with van der Waals surface area (Å²) in [5, 5.41) is 9.53. The van der Waals surface area contributed by atoms with Crippen molar-refractivity contribution >= 4 is 17.0 Å². The molecule has 0 aliphatic heterocycles. The number of aromatic carboxylic acids is 1. The molecule has 1 aliphatic carbocycles. The van der Waals surface area contributed by atoms with Crippen LogP contribution in [0.3, 0.4) is 0 Å². The number of hydrogen-bond donors (Lipinski definition) is 1. The lowest BCUT2D eigenvalue weighted by Crippen LogP contribution is -2.34. The second-order valence-electron chi connectivity index (χ2n) is 11.1. The first-order valence-corrected chi connectivity index (χ1v) is 12.0. The van der Waals surface area contributed by atoms with Crippen molar-refractivity contribution < 1.29 is 9.90 Å². The summed E-state index contributed by atoms with van der Waals surface area (Å²) < 4.78 is 2.21. The number of carbonyl (C=O) groups is 1. The fourth-order valence-electron chi connectivity index (χ4n) is 5.31. The highest BCUT2D eigenvalue weighted by molar-refractivity contribution is 5.94. The third-order valence-electron chi connectivity index (χ3n) is 7.62. The van der Waals surface area contributed by atoms with Crippen molar-refractivity contribution in [3.8, 4) is 17.1 Å². The number of nitrogens with zero attached hydrogens (tertiary/aromatic N) is 2. The molecular weight excluding hydrogens is 420 g/mol. The number of hydrogen-bond acceptors (Lipinski definition) is 2. The van der Waals surface area contributed by atoms with Crippen LogP contribution in [0.4, 0.5) is 0 Å². The van der Waals surface area contributed by atoms with Gasteiger partial charge in [0.15, 0.2) is 0 Å². The molecule has 0 radical (unpaired) electrons. The molecule has 4 nitrogen and oxygen atoms in total. The highest BCUT2D eigenvalue weighted by Gasteiger charge is 2.37. The number of fused-ring (bicyclic) bond motifs is 2. The average molecular weight is 453 g/mol. The molecule has 3 aromatic carbocycles. The van der Waals surface area contributed by atoms with Gasteiger partial charge in [0.2, 0.25) is 0 Å². The molecule has 174 valence electrons. The molecule has 0 amide bonds. The first-order chi connectivity index (χ1) is 16.0. The van der Waals surface area contributed by atoms with Gasteiger partial charge in [-0.25, -0.2) is 9.78 Å². The number of rotatable bonds is 3. The summed E-state index contributed by atoms with van der Waals surface area (Å²) in [6.45, 7) is 13.6. The summed E-state index contributed by atoms with van der Waals surface area (Å²) >= 11 is 0. The van der Waals surface area contributed by atoms with E-state index < -0.39 is 5.97 Å². The monoisotopic (exact) mass is 452 g/mol. The Labute approximate surface area is 201 Å². The second kappa shape index (κ2) is 7.56. The van der Waals surface area contributed by atoms with Crippen molar-refractivity contribution in [3.63, 3.8) is 0 Å². The van der Waals surface area contributed by atoms with E-state index in [1.54, 1.807) is 12.1 Å². The van der Waals surface area contributed by atoms with Crippen molar-refractivity contribution in [1.82, 2.24) is 9.55 Å².